The van der Waals surface area contributed by atoms with Crippen LogP contribution in [0.1, 0.15) is 0 Å². The van der Waals surface area contributed by atoms with E-state index >= 15 is 0 Å². The molecule has 0 amide bonds. The first-order chi connectivity index (χ1) is 15.4. The minimum atomic E-state index is -5.34. The van der Waals surface area contributed by atoms with Gasteiger partial charge in [0.15, 0.2) is 0 Å². The fraction of sp³-hybridized carbons (Fsp3) is 0.111. The second-order valence-corrected chi connectivity index (χ2v) is 9.10. The molecule has 0 aliphatic heterocycles. The maximum absolute atomic E-state index is 10.8. The average molecular weight is 532 g/mol. The summed E-state index contributed by atoms with van der Waals surface area (Å²) in [7, 11) is -10.7. The lowest BCUT2D eigenvalue weighted by molar-refractivity contribution is -0.0479. The first kappa shape index (κ1) is 29.0. The third kappa shape index (κ3) is 9.42. The largest absolute Gasteiger partial charge is 0.503 e. The van der Waals surface area contributed by atoms with Gasteiger partial charge in [0, 0.05) is 23.4 Å². The molecule has 0 fully saturated rings. The topological polar surface area (TPSA) is 154 Å². The molecule has 0 saturated carbocycles. The number of benzene rings is 2. The van der Waals surface area contributed by atoms with Gasteiger partial charge in [-0.2, -0.15) is 26.3 Å². The van der Waals surface area contributed by atoms with Crippen molar-refractivity contribution in [1.82, 2.24) is 9.97 Å². The van der Waals surface area contributed by atoms with Crippen LogP contribution in [0.25, 0.3) is 21.8 Å². The van der Waals surface area contributed by atoms with Gasteiger partial charge in [-0.05, 0) is 35.0 Å². The van der Waals surface area contributed by atoms with Gasteiger partial charge >= 0.3 is 11.0 Å². The highest BCUT2D eigenvalue weighted by molar-refractivity contribution is 7.88. The standard InChI is InChI=1S/2C8H7N.2CH2F3NO2S/c2*1-2-4-8-7(3-1)5-6-9-8;2*2-1(3,4)8(5,6)7/h2*1-6,9H;2*(H2,5,6,7). The molecule has 2 aromatic heterocycles. The number of rotatable bonds is 0. The van der Waals surface area contributed by atoms with E-state index in [1.54, 1.807) is 0 Å². The molecule has 6 N–H and O–H groups in total. The zero-order chi connectivity index (χ0) is 26.2. The number of halogens is 6. The summed E-state index contributed by atoms with van der Waals surface area (Å²) in [4.78, 5) is 6.24. The first-order valence-corrected chi connectivity index (χ1v) is 11.7. The number of hydrogen-bond donors (Lipinski definition) is 6. The number of para-hydroxylation sites is 2. The number of fused-ring (bicyclic) bond motifs is 2. The van der Waals surface area contributed by atoms with Crippen LogP contribution in [0, 0.1) is 9.56 Å². The number of nitrogens with one attached hydrogen (secondary N) is 4. The van der Waals surface area contributed by atoms with E-state index in [-0.39, 0.29) is 0 Å². The van der Waals surface area contributed by atoms with Crippen molar-refractivity contribution in [1.29, 1.82) is 9.56 Å². The monoisotopic (exact) mass is 532 g/mol. The molecule has 8 nitrogen and oxygen atoms in total. The summed E-state index contributed by atoms with van der Waals surface area (Å²) in [5.41, 5.74) is -8.21. The molecule has 0 radical (unpaired) electrons. The predicted octanol–water partition coefficient (Wildman–Crippen LogP) is 6.39. The van der Waals surface area contributed by atoms with Crippen LogP contribution in [0.5, 0.6) is 0 Å². The summed E-state index contributed by atoms with van der Waals surface area (Å²) >= 11 is 0. The molecule has 2 heterocycles. The average Bonchev–Trinajstić information content (AvgIpc) is 3.35. The fourth-order valence-corrected chi connectivity index (χ4v) is 1.99. The minimum absolute atomic E-state index is 1.21. The van der Waals surface area contributed by atoms with Gasteiger partial charge in [-0.1, -0.05) is 36.4 Å². The molecule has 0 aliphatic carbocycles. The van der Waals surface area contributed by atoms with Gasteiger partial charge < -0.3 is 9.97 Å². The molecule has 0 bridgehead atoms. The lowest BCUT2D eigenvalue weighted by Crippen LogP contribution is -2.20. The van der Waals surface area contributed by atoms with E-state index in [1.807, 2.05) is 36.7 Å². The Morgan fingerprint density at radius 2 is 0.882 bits per heavy atom. The van der Waals surface area contributed by atoms with Gasteiger partial charge in [-0.15, -0.1) is 0 Å². The van der Waals surface area contributed by atoms with E-state index in [1.165, 1.54) is 21.8 Å². The number of hydrogen-bond acceptors (Lipinski definition) is 4. The van der Waals surface area contributed by atoms with Crippen LogP contribution in [0.4, 0.5) is 26.3 Å². The Morgan fingerprint density at radius 3 is 1.12 bits per heavy atom. The zero-order valence-corrected chi connectivity index (χ0v) is 18.4. The van der Waals surface area contributed by atoms with Crippen molar-refractivity contribution in [3.8, 4) is 0 Å². The maximum Gasteiger partial charge on any atom is 0.503 e. The highest BCUT2D eigenvalue weighted by atomic mass is 32.2. The predicted molar refractivity (Wildman–Crippen MR) is 116 cm³/mol. The highest BCUT2D eigenvalue weighted by Crippen LogP contribution is 2.22. The van der Waals surface area contributed by atoms with Crippen molar-refractivity contribution in [2.45, 2.75) is 11.0 Å². The normalized spacial score (nSPS) is 14.8. The Balaban J connectivity index is 0.000000228. The molecule has 16 heteroatoms. The Hall–Kier alpha value is -3.08. The number of aromatic amines is 2. The summed E-state index contributed by atoms with van der Waals surface area (Å²) in [6, 6.07) is 20.6. The Kier molecular flexibility index (Phi) is 9.68. The van der Waals surface area contributed by atoms with Crippen LogP contribution >= 0.6 is 0 Å². The molecule has 2 atom stereocenters. The number of aromatic nitrogens is 2. The van der Waals surface area contributed by atoms with Crippen molar-refractivity contribution in [3.05, 3.63) is 73.1 Å². The van der Waals surface area contributed by atoms with Gasteiger partial charge in [0.05, 0.1) is 0 Å². The molecule has 4 rings (SSSR count). The van der Waals surface area contributed by atoms with Crippen LogP contribution < -0.4 is 0 Å². The zero-order valence-electron chi connectivity index (χ0n) is 16.7. The Bertz CT molecular complexity index is 1230. The summed E-state index contributed by atoms with van der Waals surface area (Å²) < 4.78 is 110. The summed E-state index contributed by atoms with van der Waals surface area (Å²) in [6.07, 6.45) is 3.90. The van der Waals surface area contributed by atoms with Crippen LogP contribution in [0.15, 0.2) is 73.1 Å². The van der Waals surface area contributed by atoms with E-state index in [4.69, 9.17) is 18.7 Å². The SMILES string of the molecule is N=S(=O)(O)C(F)(F)F.N=S(=O)(O)C(F)(F)F.c1ccc2[nH]ccc2c1.c1ccc2[nH]ccc2c1. The van der Waals surface area contributed by atoms with Crippen molar-refractivity contribution in [2.75, 3.05) is 0 Å². The molecule has 0 saturated heterocycles. The lowest BCUT2D eigenvalue weighted by atomic mass is 10.3. The third-order valence-corrected chi connectivity index (χ3v) is 4.81. The van der Waals surface area contributed by atoms with Gasteiger partial charge in [0.1, 0.15) is 0 Å². The summed E-state index contributed by atoms with van der Waals surface area (Å²) in [5.74, 6) is 0. The highest BCUT2D eigenvalue weighted by Gasteiger charge is 2.41. The number of alkyl halides is 6. The molecule has 34 heavy (non-hydrogen) atoms. The summed E-state index contributed by atoms with van der Waals surface area (Å²) in [5, 5.41) is 2.55. The van der Waals surface area contributed by atoms with Crippen molar-refractivity contribution in [2.24, 2.45) is 0 Å². The molecule has 188 valence electrons. The second-order valence-electron chi connectivity index (χ2n) is 6.07. The molecule has 4 aromatic rings. The Morgan fingerprint density at radius 1 is 0.618 bits per heavy atom. The Labute approximate surface area is 189 Å². The lowest BCUT2D eigenvalue weighted by Gasteiger charge is -2.01. The third-order valence-electron chi connectivity index (χ3n) is 3.55. The van der Waals surface area contributed by atoms with E-state index in [2.05, 4.69) is 46.4 Å². The van der Waals surface area contributed by atoms with Gasteiger partial charge in [0.25, 0.3) is 20.0 Å². The van der Waals surface area contributed by atoms with Crippen molar-refractivity contribution >= 4 is 41.8 Å². The quantitative estimate of drug-likeness (QED) is 0.145. The van der Waals surface area contributed by atoms with Crippen LogP contribution in [0.2, 0.25) is 0 Å². The van der Waals surface area contributed by atoms with E-state index in [0.29, 0.717) is 0 Å². The van der Waals surface area contributed by atoms with E-state index in [9.17, 15) is 34.8 Å². The van der Waals surface area contributed by atoms with Crippen LogP contribution in [-0.4, -0.2) is 38.5 Å². The molecule has 2 aromatic carbocycles. The van der Waals surface area contributed by atoms with Gasteiger partial charge in [0.2, 0.25) is 0 Å². The minimum Gasteiger partial charge on any atom is -0.361 e. The van der Waals surface area contributed by atoms with E-state index < -0.39 is 31.0 Å². The van der Waals surface area contributed by atoms with Crippen molar-refractivity contribution < 1.29 is 43.9 Å². The van der Waals surface area contributed by atoms with E-state index in [0.717, 1.165) is 0 Å². The summed E-state index contributed by atoms with van der Waals surface area (Å²) in [6.45, 7) is 0. The maximum atomic E-state index is 10.8. The molecule has 0 aliphatic rings. The van der Waals surface area contributed by atoms with Crippen LogP contribution in [-0.2, 0) is 20.0 Å². The van der Waals surface area contributed by atoms with Crippen molar-refractivity contribution in [3.63, 3.8) is 0 Å². The second kappa shape index (κ2) is 11.4. The van der Waals surface area contributed by atoms with Gasteiger partial charge in [-0.25, -0.2) is 18.0 Å². The van der Waals surface area contributed by atoms with Crippen LogP contribution in [0.3, 0.4) is 0 Å². The van der Waals surface area contributed by atoms with Gasteiger partial charge in [-0.3, -0.25) is 9.11 Å². The smallest absolute Gasteiger partial charge is 0.361 e. The molecule has 0 spiro atoms. The molecule has 2 unspecified atom stereocenters. The fourth-order valence-electron chi connectivity index (χ4n) is 1.99. The first-order valence-electron chi connectivity index (χ1n) is 8.62. The number of H-pyrrole nitrogens is 2. The molecular weight excluding hydrogens is 514 g/mol. The molecular formula is C18H18F6N4O4S2.